The summed E-state index contributed by atoms with van der Waals surface area (Å²) in [7, 11) is 0. The van der Waals surface area contributed by atoms with Crippen molar-refractivity contribution in [1.29, 1.82) is 0 Å². The van der Waals surface area contributed by atoms with Crippen LogP contribution >= 0.6 is 0 Å². The Kier molecular flexibility index (Phi) is 4.65. The van der Waals surface area contributed by atoms with Crippen molar-refractivity contribution in [1.82, 2.24) is 4.90 Å². The van der Waals surface area contributed by atoms with Gasteiger partial charge >= 0.3 is 0 Å². The van der Waals surface area contributed by atoms with E-state index < -0.39 is 0 Å². The van der Waals surface area contributed by atoms with Crippen LogP contribution in [0.25, 0.3) is 0 Å². The largest absolute Gasteiger partial charge is 0.398 e. The van der Waals surface area contributed by atoms with Crippen molar-refractivity contribution in [2.24, 2.45) is 5.92 Å². The van der Waals surface area contributed by atoms with Crippen molar-refractivity contribution >= 4 is 11.6 Å². The van der Waals surface area contributed by atoms with Crippen LogP contribution in [0.4, 0.5) is 5.69 Å². The van der Waals surface area contributed by atoms with Crippen molar-refractivity contribution in [3.05, 3.63) is 29.8 Å². The lowest BCUT2D eigenvalue weighted by Crippen LogP contribution is -2.42. The summed E-state index contributed by atoms with van der Waals surface area (Å²) in [5.74, 6) is 0.149. The van der Waals surface area contributed by atoms with Crippen LogP contribution in [0, 0.1) is 5.92 Å². The highest BCUT2D eigenvalue weighted by Gasteiger charge is 2.34. The van der Waals surface area contributed by atoms with Crippen molar-refractivity contribution < 1.29 is 9.53 Å². The number of ether oxygens (including phenoxy) is 1. The van der Waals surface area contributed by atoms with Crippen LogP contribution in [0.1, 0.15) is 32.8 Å². The van der Waals surface area contributed by atoms with Crippen LogP contribution in [0.15, 0.2) is 24.3 Å². The lowest BCUT2D eigenvalue weighted by molar-refractivity contribution is -0.139. The lowest BCUT2D eigenvalue weighted by atomic mass is 9.99. The summed E-state index contributed by atoms with van der Waals surface area (Å²) in [6.45, 7) is 7.29. The third-order valence-corrected chi connectivity index (χ3v) is 4.00. The summed E-state index contributed by atoms with van der Waals surface area (Å²) < 4.78 is 5.52. The molecule has 2 rings (SSSR count). The molecule has 1 saturated heterocycles. The Morgan fingerprint density at radius 2 is 2.15 bits per heavy atom. The van der Waals surface area contributed by atoms with Crippen molar-refractivity contribution in [2.75, 3.05) is 12.3 Å². The van der Waals surface area contributed by atoms with Gasteiger partial charge in [0.2, 0.25) is 5.91 Å². The van der Waals surface area contributed by atoms with Crippen LogP contribution in [-0.4, -0.2) is 29.6 Å². The maximum atomic E-state index is 12.7. The highest BCUT2D eigenvalue weighted by Crippen LogP contribution is 2.25. The standard InChI is InChI=1S/C16H24N2O2/c1-11(2)18(10-13-6-4-5-7-15(13)17)16(19)14-8-9-20-12(14)3/h4-7,11-12,14H,8-10,17H2,1-3H3. The fourth-order valence-electron chi connectivity index (χ4n) is 2.65. The van der Waals surface area contributed by atoms with Crippen molar-refractivity contribution in [3.8, 4) is 0 Å². The molecule has 1 amide bonds. The van der Waals surface area contributed by atoms with Crippen LogP contribution in [0.2, 0.25) is 0 Å². The Morgan fingerprint density at radius 1 is 1.45 bits per heavy atom. The Bertz CT molecular complexity index is 473. The molecule has 1 aliphatic heterocycles. The molecule has 0 radical (unpaired) electrons. The molecule has 0 aromatic heterocycles. The van der Waals surface area contributed by atoms with Gasteiger partial charge in [-0.3, -0.25) is 4.79 Å². The first-order chi connectivity index (χ1) is 9.50. The number of hydrogen-bond donors (Lipinski definition) is 1. The lowest BCUT2D eigenvalue weighted by Gasteiger charge is -2.30. The van der Waals surface area contributed by atoms with Gasteiger partial charge in [-0.15, -0.1) is 0 Å². The zero-order valence-electron chi connectivity index (χ0n) is 12.5. The maximum Gasteiger partial charge on any atom is 0.228 e. The van der Waals surface area contributed by atoms with Crippen molar-refractivity contribution in [2.45, 2.75) is 45.9 Å². The molecule has 4 heteroatoms. The van der Waals surface area contributed by atoms with Gasteiger partial charge in [-0.1, -0.05) is 18.2 Å². The van der Waals surface area contributed by atoms with E-state index in [-0.39, 0.29) is 24.0 Å². The quantitative estimate of drug-likeness (QED) is 0.859. The fourth-order valence-corrected chi connectivity index (χ4v) is 2.65. The fraction of sp³-hybridized carbons (Fsp3) is 0.562. The minimum atomic E-state index is -0.0256. The molecule has 0 aliphatic carbocycles. The molecule has 1 heterocycles. The number of nitrogen functional groups attached to an aromatic ring is 1. The van der Waals surface area contributed by atoms with Gasteiger partial charge in [-0.05, 0) is 38.8 Å². The first kappa shape index (κ1) is 14.9. The first-order valence-electron chi connectivity index (χ1n) is 7.26. The SMILES string of the molecule is CC1OCCC1C(=O)N(Cc1ccccc1N)C(C)C. The van der Waals surface area contributed by atoms with Gasteiger partial charge < -0.3 is 15.4 Å². The van der Waals surface area contributed by atoms with Crippen LogP contribution in [0.5, 0.6) is 0 Å². The Hall–Kier alpha value is -1.55. The van der Waals surface area contributed by atoms with Gasteiger partial charge in [0.15, 0.2) is 0 Å². The summed E-state index contributed by atoms with van der Waals surface area (Å²) in [5.41, 5.74) is 7.73. The molecule has 0 saturated carbocycles. The number of para-hydroxylation sites is 1. The van der Waals surface area contributed by atoms with E-state index in [2.05, 4.69) is 0 Å². The van der Waals surface area contributed by atoms with Crippen LogP contribution in [0.3, 0.4) is 0 Å². The Morgan fingerprint density at radius 3 is 2.70 bits per heavy atom. The monoisotopic (exact) mass is 276 g/mol. The zero-order valence-corrected chi connectivity index (χ0v) is 12.5. The molecule has 4 nitrogen and oxygen atoms in total. The molecular formula is C16H24N2O2. The summed E-state index contributed by atoms with van der Waals surface area (Å²) in [6, 6.07) is 7.87. The van der Waals surface area contributed by atoms with Gasteiger partial charge in [0.25, 0.3) is 0 Å². The van der Waals surface area contributed by atoms with Gasteiger partial charge in [-0.25, -0.2) is 0 Å². The Balaban J connectivity index is 2.15. The highest BCUT2D eigenvalue weighted by molar-refractivity contribution is 5.80. The van der Waals surface area contributed by atoms with E-state index in [0.717, 1.165) is 17.7 Å². The number of amides is 1. The smallest absolute Gasteiger partial charge is 0.228 e. The summed E-state index contributed by atoms with van der Waals surface area (Å²) in [6.07, 6.45) is 0.824. The second-order valence-electron chi connectivity index (χ2n) is 5.73. The van der Waals surface area contributed by atoms with E-state index in [1.807, 2.05) is 49.9 Å². The second kappa shape index (κ2) is 6.27. The number of carbonyl (C=O) groups excluding carboxylic acids is 1. The van der Waals surface area contributed by atoms with Crippen LogP contribution < -0.4 is 5.73 Å². The van der Waals surface area contributed by atoms with Gasteiger partial charge in [0.05, 0.1) is 12.0 Å². The average molecular weight is 276 g/mol. The van der Waals surface area contributed by atoms with E-state index in [1.165, 1.54) is 0 Å². The number of rotatable bonds is 4. The third kappa shape index (κ3) is 3.12. The minimum absolute atomic E-state index is 0.0110. The molecule has 1 fully saturated rings. The molecule has 2 atom stereocenters. The second-order valence-corrected chi connectivity index (χ2v) is 5.73. The molecule has 20 heavy (non-hydrogen) atoms. The van der Waals surface area contributed by atoms with E-state index >= 15 is 0 Å². The highest BCUT2D eigenvalue weighted by atomic mass is 16.5. The molecule has 110 valence electrons. The predicted octanol–water partition coefficient (Wildman–Crippen LogP) is 2.43. The van der Waals surface area contributed by atoms with E-state index in [4.69, 9.17) is 10.5 Å². The number of carbonyl (C=O) groups is 1. The molecular weight excluding hydrogens is 252 g/mol. The summed E-state index contributed by atoms with van der Waals surface area (Å²) >= 11 is 0. The van der Waals surface area contributed by atoms with Crippen molar-refractivity contribution in [3.63, 3.8) is 0 Å². The third-order valence-electron chi connectivity index (χ3n) is 4.00. The number of nitrogens with two attached hydrogens (primary N) is 1. The number of benzene rings is 1. The molecule has 0 spiro atoms. The van der Waals surface area contributed by atoms with E-state index in [9.17, 15) is 4.79 Å². The van der Waals surface area contributed by atoms with Gasteiger partial charge in [0, 0.05) is 24.9 Å². The molecule has 1 aliphatic rings. The predicted molar refractivity (Wildman–Crippen MR) is 80.1 cm³/mol. The molecule has 1 aromatic carbocycles. The minimum Gasteiger partial charge on any atom is -0.398 e. The van der Waals surface area contributed by atoms with E-state index in [1.54, 1.807) is 0 Å². The summed E-state index contributed by atoms with van der Waals surface area (Å²) in [5, 5.41) is 0. The number of anilines is 1. The summed E-state index contributed by atoms with van der Waals surface area (Å²) in [4.78, 5) is 14.6. The molecule has 2 unspecified atom stereocenters. The molecule has 0 bridgehead atoms. The topological polar surface area (TPSA) is 55.6 Å². The Labute approximate surface area is 120 Å². The maximum absolute atomic E-state index is 12.7. The average Bonchev–Trinajstić information content (AvgIpc) is 2.83. The molecule has 2 N–H and O–H groups in total. The number of hydrogen-bond acceptors (Lipinski definition) is 3. The van der Waals surface area contributed by atoms with Gasteiger partial charge in [-0.2, -0.15) is 0 Å². The first-order valence-corrected chi connectivity index (χ1v) is 7.26. The zero-order chi connectivity index (χ0) is 14.7. The number of nitrogens with zero attached hydrogens (tertiary/aromatic N) is 1. The van der Waals surface area contributed by atoms with Crippen LogP contribution in [-0.2, 0) is 16.1 Å². The van der Waals surface area contributed by atoms with Gasteiger partial charge in [0.1, 0.15) is 0 Å². The van der Waals surface area contributed by atoms with E-state index in [0.29, 0.717) is 13.2 Å². The normalized spacial score (nSPS) is 22.2. The molecule has 1 aromatic rings.